The van der Waals surface area contributed by atoms with Crippen LogP contribution in [0, 0.1) is 5.92 Å². The molecule has 0 N–H and O–H groups in total. The summed E-state index contributed by atoms with van der Waals surface area (Å²) in [6, 6.07) is 0.686. The molecule has 1 rings (SSSR count). The Labute approximate surface area is 386 Å². The number of allylic oxidation sites excluding steroid dienone is 2. The highest BCUT2D eigenvalue weighted by molar-refractivity contribution is 4.81. The number of imidazole rings is 1. The van der Waals surface area contributed by atoms with Crippen molar-refractivity contribution in [3.05, 3.63) is 30.9 Å². The van der Waals surface area contributed by atoms with E-state index < -0.39 is 0 Å². The van der Waals surface area contributed by atoms with Crippen molar-refractivity contribution >= 4 is 0 Å². The van der Waals surface area contributed by atoms with Gasteiger partial charge in [0.25, 0.3) is 0 Å². The Bertz CT molecular complexity index is 949. The zero-order valence-electron chi connectivity index (χ0n) is 42.9. The van der Waals surface area contributed by atoms with E-state index in [-0.39, 0.29) is 0 Å². The Kier molecular flexibility index (Phi) is 46.0. The minimum Gasteiger partial charge on any atom is -0.237 e. The molecule has 0 aliphatic rings. The van der Waals surface area contributed by atoms with Gasteiger partial charge in [-0.05, 0) is 63.7 Å². The zero-order chi connectivity index (χ0) is 43.8. The van der Waals surface area contributed by atoms with Crippen LogP contribution >= 0.6 is 0 Å². The van der Waals surface area contributed by atoms with E-state index in [2.05, 4.69) is 67.7 Å². The molecule has 0 bridgehead atoms. The molecule has 1 aromatic rings. The van der Waals surface area contributed by atoms with Crippen LogP contribution in [0.3, 0.4) is 0 Å². The Balaban J connectivity index is 2.45. The van der Waals surface area contributed by atoms with E-state index in [9.17, 15) is 0 Å². The molecule has 0 amide bonds. The van der Waals surface area contributed by atoms with Gasteiger partial charge in [-0.3, -0.25) is 0 Å². The standard InChI is InChI=1S/C59H115N2/c1-5-9-13-16-19-22-25-28-29-30-31-34-37-40-43-46-52-59(61-56-55-60(57-61)54-12-8-4)53-48-47-51-58(49-44-41-38-35-32-26-23-20-17-14-10-6-2)50-45-42-39-36-33-27-24-21-18-15-11-7-3/h28-29,55-59H,5-27,30-54H2,1-4H3/q+1/b29-28+. The molecule has 0 aliphatic heterocycles. The number of hydrogen-bond donors (Lipinski definition) is 0. The summed E-state index contributed by atoms with van der Waals surface area (Å²) in [5, 5.41) is 0. The van der Waals surface area contributed by atoms with Crippen LogP contribution in [0.5, 0.6) is 0 Å². The van der Waals surface area contributed by atoms with Crippen molar-refractivity contribution in [2.75, 3.05) is 0 Å². The van der Waals surface area contributed by atoms with Crippen LogP contribution in [0.2, 0.25) is 0 Å². The van der Waals surface area contributed by atoms with Crippen molar-refractivity contribution < 1.29 is 4.57 Å². The minimum atomic E-state index is 0.686. The smallest absolute Gasteiger partial charge is 0.237 e. The number of rotatable bonds is 51. The summed E-state index contributed by atoms with van der Waals surface area (Å²) in [5.74, 6) is 0.975. The van der Waals surface area contributed by atoms with E-state index in [1.165, 1.54) is 308 Å². The topological polar surface area (TPSA) is 8.81 Å². The van der Waals surface area contributed by atoms with E-state index in [4.69, 9.17) is 0 Å². The van der Waals surface area contributed by atoms with Crippen LogP contribution in [0.25, 0.3) is 0 Å². The molecule has 2 heteroatoms. The Morgan fingerprint density at radius 2 is 0.639 bits per heavy atom. The third-order valence-electron chi connectivity index (χ3n) is 14.3. The molecule has 0 fully saturated rings. The van der Waals surface area contributed by atoms with Gasteiger partial charge >= 0.3 is 0 Å². The summed E-state index contributed by atoms with van der Waals surface area (Å²) in [7, 11) is 0. The molecule has 1 heterocycles. The monoisotopic (exact) mass is 852 g/mol. The maximum atomic E-state index is 2.61. The van der Waals surface area contributed by atoms with Gasteiger partial charge in [-0.25, -0.2) is 9.13 Å². The molecule has 0 aromatic carbocycles. The second kappa shape index (κ2) is 48.4. The van der Waals surface area contributed by atoms with Gasteiger partial charge in [-0.15, -0.1) is 0 Å². The van der Waals surface area contributed by atoms with Crippen molar-refractivity contribution in [3.63, 3.8) is 0 Å². The lowest BCUT2D eigenvalue weighted by Gasteiger charge is -2.18. The maximum absolute atomic E-state index is 2.61. The van der Waals surface area contributed by atoms with Crippen molar-refractivity contribution in [2.45, 2.75) is 342 Å². The highest BCUT2D eigenvalue weighted by atomic mass is 15.1. The van der Waals surface area contributed by atoms with Gasteiger partial charge in [0.2, 0.25) is 6.33 Å². The number of unbranched alkanes of at least 4 members (excludes halogenated alkanes) is 36. The number of hydrogen-bond acceptors (Lipinski definition) is 0. The van der Waals surface area contributed by atoms with Crippen LogP contribution in [-0.4, -0.2) is 4.57 Å². The SMILES string of the molecule is CCCCCCCC/C=C/CCCCCCCCC(CCCCC(CCCCCCCCCCCCCC)CCCCCCCCCCCCCC)n1cc[n+](CCCC)c1. The molecular formula is C59H115N2+. The predicted molar refractivity (Wildman–Crippen MR) is 276 cm³/mol. The quantitative estimate of drug-likeness (QED) is 0.0351. The predicted octanol–water partition coefficient (Wildman–Crippen LogP) is 20.9. The van der Waals surface area contributed by atoms with E-state index >= 15 is 0 Å². The van der Waals surface area contributed by atoms with E-state index in [0.717, 1.165) is 5.92 Å². The van der Waals surface area contributed by atoms with Crippen molar-refractivity contribution in [3.8, 4) is 0 Å². The molecule has 0 saturated carbocycles. The van der Waals surface area contributed by atoms with Crippen LogP contribution in [0.15, 0.2) is 30.9 Å². The lowest BCUT2D eigenvalue weighted by atomic mass is 9.89. The summed E-state index contributed by atoms with van der Waals surface area (Å²) >= 11 is 0. The highest BCUT2D eigenvalue weighted by Gasteiger charge is 2.18. The molecule has 0 saturated heterocycles. The summed E-state index contributed by atoms with van der Waals surface area (Å²) in [4.78, 5) is 0. The Hall–Kier alpha value is -1.05. The fourth-order valence-corrected chi connectivity index (χ4v) is 9.96. The maximum Gasteiger partial charge on any atom is 0.243 e. The van der Waals surface area contributed by atoms with Crippen molar-refractivity contribution in [1.29, 1.82) is 0 Å². The lowest BCUT2D eigenvalue weighted by Crippen LogP contribution is -2.31. The largest absolute Gasteiger partial charge is 0.243 e. The first-order chi connectivity index (χ1) is 30.2. The molecule has 1 atom stereocenters. The first kappa shape index (κ1) is 58.0. The average molecular weight is 853 g/mol. The molecule has 1 aromatic heterocycles. The molecule has 2 nitrogen and oxygen atoms in total. The zero-order valence-corrected chi connectivity index (χ0v) is 42.9. The Morgan fingerprint density at radius 1 is 0.344 bits per heavy atom. The molecule has 1 unspecified atom stereocenters. The first-order valence-corrected chi connectivity index (χ1v) is 29.0. The third-order valence-corrected chi connectivity index (χ3v) is 14.3. The fraction of sp³-hybridized carbons (Fsp3) is 0.915. The van der Waals surface area contributed by atoms with E-state index in [1.54, 1.807) is 0 Å². The number of aryl methyl sites for hydroxylation is 1. The molecule has 360 valence electrons. The first-order valence-electron chi connectivity index (χ1n) is 29.0. The number of nitrogens with zero attached hydrogens (tertiary/aromatic N) is 2. The summed E-state index contributed by atoms with van der Waals surface area (Å²) in [5.41, 5.74) is 0. The van der Waals surface area contributed by atoms with Gasteiger partial charge in [-0.2, -0.15) is 0 Å². The minimum absolute atomic E-state index is 0.686. The fourth-order valence-electron chi connectivity index (χ4n) is 9.96. The molecular weight excluding hydrogens is 737 g/mol. The molecule has 0 spiro atoms. The second-order valence-electron chi connectivity index (χ2n) is 20.3. The van der Waals surface area contributed by atoms with Gasteiger partial charge in [-0.1, -0.05) is 284 Å². The Morgan fingerprint density at radius 3 is 1.02 bits per heavy atom. The summed E-state index contributed by atoms with van der Waals surface area (Å²) < 4.78 is 5.07. The van der Waals surface area contributed by atoms with Gasteiger partial charge < -0.3 is 0 Å². The van der Waals surface area contributed by atoms with Crippen molar-refractivity contribution in [1.82, 2.24) is 4.57 Å². The highest BCUT2D eigenvalue weighted by Crippen LogP contribution is 2.28. The van der Waals surface area contributed by atoms with Gasteiger partial charge in [0, 0.05) is 0 Å². The second-order valence-corrected chi connectivity index (χ2v) is 20.3. The van der Waals surface area contributed by atoms with Gasteiger partial charge in [0.1, 0.15) is 18.4 Å². The van der Waals surface area contributed by atoms with Crippen LogP contribution in [0.1, 0.15) is 336 Å². The molecule has 0 radical (unpaired) electrons. The van der Waals surface area contributed by atoms with E-state index in [1.807, 2.05) is 0 Å². The van der Waals surface area contributed by atoms with Crippen LogP contribution in [-0.2, 0) is 6.54 Å². The normalized spacial score (nSPS) is 12.5. The van der Waals surface area contributed by atoms with Gasteiger partial charge in [0.05, 0.1) is 6.54 Å². The van der Waals surface area contributed by atoms with Gasteiger partial charge in [0.15, 0.2) is 0 Å². The average Bonchev–Trinajstić information content (AvgIpc) is 3.75. The van der Waals surface area contributed by atoms with E-state index in [0.29, 0.717) is 6.04 Å². The third kappa shape index (κ3) is 40.2. The summed E-state index contributed by atoms with van der Waals surface area (Å²) in [6.45, 7) is 10.4. The lowest BCUT2D eigenvalue weighted by molar-refractivity contribution is -0.697. The van der Waals surface area contributed by atoms with Crippen molar-refractivity contribution in [2.24, 2.45) is 5.92 Å². The molecule has 61 heavy (non-hydrogen) atoms. The van der Waals surface area contributed by atoms with Crippen LogP contribution in [0.4, 0.5) is 0 Å². The number of aromatic nitrogens is 2. The van der Waals surface area contributed by atoms with Crippen LogP contribution < -0.4 is 4.57 Å². The molecule has 0 aliphatic carbocycles. The summed E-state index contributed by atoms with van der Waals surface area (Å²) in [6.07, 6.45) is 79.5.